The molecule has 0 unspecified atom stereocenters. The van der Waals surface area contributed by atoms with Crippen LogP contribution in [0.15, 0.2) is 72.8 Å². The normalized spacial score (nSPS) is 12.7. The summed E-state index contributed by atoms with van der Waals surface area (Å²) in [6.07, 6.45) is -1.71. The van der Waals surface area contributed by atoms with Crippen LogP contribution in [0.5, 0.6) is 0 Å². The summed E-state index contributed by atoms with van der Waals surface area (Å²) in [5, 5.41) is 0. The van der Waals surface area contributed by atoms with Crippen LogP contribution in [-0.2, 0) is 12.4 Å². The molecule has 0 heterocycles. The Labute approximate surface area is 169 Å². The maximum Gasteiger partial charge on any atom is 0.416 e. The van der Waals surface area contributed by atoms with Crippen molar-refractivity contribution in [2.24, 2.45) is 0 Å². The van der Waals surface area contributed by atoms with Crippen molar-refractivity contribution in [2.45, 2.75) is 12.4 Å². The van der Waals surface area contributed by atoms with Gasteiger partial charge in [0.1, 0.15) is 0 Å². The molecule has 0 saturated heterocycles. The molecule has 3 aromatic rings. The molecule has 3 rings (SSSR count). The Morgan fingerprint density at radius 3 is 0.767 bits per heavy atom. The SMILES string of the molecule is FC(F)(F)c1ccc(C=Cc2ccc(C=Cc3ccc(C(F)(F)F)cc3)cc2)cc1. The third-order valence-corrected chi connectivity index (χ3v) is 4.35. The Kier molecular flexibility index (Phi) is 6.15. The monoisotopic (exact) mass is 418 g/mol. The van der Waals surface area contributed by atoms with Gasteiger partial charge >= 0.3 is 12.4 Å². The van der Waals surface area contributed by atoms with Gasteiger partial charge in [0.2, 0.25) is 0 Å². The summed E-state index contributed by atoms with van der Waals surface area (Å²) in [5.41, 5.74) is 1.64. The average Bonchev–Trinajstić information content (AvgIpc) is 2.71. The van der Waals surface area contributed by atoms with Crippen LogP contribution in [0, 0.1) is 0 Å². The smallest absolute Gasteiger partial charge is 0.166 e. The van der Waals surface area contributed by atoms with Crippen molar-refractivity contribution in [2.75, 3.05) is 0 Å². The number of benzene rings is 3. The lowest BCUT2D eigenvalue weighted by Crippen LogP contribution is -2.03. The van der Waals surface area contributed by atoms with Crippen LogP contribution in [0.3, 0.4) is 0 Å². The minimum absolute atomic E-state index is 0.647. The number of hydrogen-bond donors (Lipinski definition) is 0. The fourth-order valence-corrected chi connectivity index (χ4v) is 2.67. The maximum atomic E-state index is 12.6. The third kappa shape index (κ3) is 5.86. The standard InChI is InChI=1S/C24H16F6/c25-23(26,27)21-13-9-19(10-14-21)7-5-17-1-2-18(4-3-17)6-8-20-11-15-22(16-12-20)24(28,29)30/h1-16H. The molecule has 0 atom stereocenters. The Hall–Kier alpha value is -3.28. The van der Waals surface area contributed by atoms with Crippen molar-refractivity contribution in [3.8, 4) is 0 Å². The second kappa shape index (κ2) is 8.61. The highest BCUT2D eigenvalue weighted by atomic mass is 19.4. The molecule has 0 aromatic heterocycles. The molecule has 154 valence electrons. The van der Waals surface area contributed by atoms with E-state index in [1.165, 1.54) is 24.3 Å². The van der Waals surface area contributed by atoms with E-state index < -0.39 is 23.5 Å². The van der Waals surface area contributed by atoms with Gasteiger partial charge in [-0.05, 0) is 46.5 Å². The Balaban J connectivity index is 1.63. The predicted octanol–water partition coefficient (Wildman–Crippen LogP) is 8.07. The van der Waals surface area contributed by atoms with Crippen LogP contribution in [-0.4, -0.2) is 0 Å². The molecule has 0 fully saturated rings. The van der Waals surface area contributed by atoms with Crippen LogP contribution in [0.1, 0.15) is 33.4 Å². The van der Waals surface area contributed by atoms with Crippen LogP contribution in [0.2, 0.25) is 0 Å². The molecule has 0 N–H and O–H groups in total. The third-order valence-electron chi connectivity index (χ3n) is 4.35. The van der Waals surface area contributed by atoms with Crippen LogP contribution in [0.25, 0.3) is 24.3 Å². The van der Waals surface area contributed by atoms with Crippen molar-refractivity contribution in [1.29, 1.82) is 0 Å². The lowest BCUT2D eigenvalue weighted by molar-refractivity contribution is -0.138. The lowest BCUT2D eigenvalue weighted by Gasteiger charge is -2.06. The fraction of sp³-hybridized carbons (Fsp3) is 0.0833. The zero-order valence-corrected chi connectivity index (χ0v) is 15.5. The van der Waals surface area contributed by atoms with Crippen LogP contribution >= 0.6 is 0 Å². The molecule has 0 amide bonds. The first-order chi connectivity index (χ1) is 14.1. The van der Waals surface area contributed by atoms with Crippen molar-refractivity contribution < 1.29 is 26.3 Å². The van der Waals surface area contributed by atoms with Crippen molar-refractivity contribution in [3.05, 3.63) is 106 Å². The maximum absolute atomic E-state index is 12.6. The summed E-state index contributed by atoms with van der Waals surface area (Å²) >= 11 is 0. The van der Waals surface area contributed by atoms with Gasteiger partial charge in [-0.3, -0.25) is 0 Å². The lowest BCUT2D eigenvalue weighted by atomic mass is 10.1. The summed E-state index contributed by atoms with van der Waals surface area (Å²) in [5.74, 6) is 0. The zero-order valence-electron chi connectivity index (χ0n) is 15.5. The van der Waals surface area contributed by atoms with E-state index in [1.807, 2.05) is 24.3 Å². The molecule has 0 saturated carbocycles. The topological polar surface area (TPSA) is 0 Å². The Morgan fingerprint density at radius 2 is 0.567 bits per heavy atom. The van der Waals surface area contributed by atoms with Gasteiger partial charge < -0.3 is 0 Å². The van der Waals surface area contributed by atoms with Crippen molar-refractivity contribution in [1.82, 2.24) is 0 Å². The van der Waals surface area contributed by atoms with Gasteiger partial charge in [0.15, 0.2) is 0 Å². The highest BCUT2D eigenvalue weighted by Gasteiger charge is 2.30. The molecule has 6 heteroatoms. The predicted molar refractivity (Wildman–Crippen MR) is 107 cm³/mol. The average molecular weight is 418 g/mol. The number of alkyl halides is 6. The quantitative estimate of drug-likeness (QED) is 0.297. The molecule has 0 aliphatic carbocycles. The van der Waals surface area contributed by atoms with Crippen molar-refractivity contribution >= 4 is 24.3 Å². The first-order valence-corrected chi connectivity index (χ1v) is 8.92. The van der Waals surface area contributed by atoms with E-state index in [2.05, 4.69) is 0 Å². The second-order valence-electron chi connectivity index (χ2n) is 6.57. The Morgan fingerprint density at radius 1 is 0.367 bits per heavy atom. The largest absolute Gasteiger partial charge is 0.416 e. The second-order valence-corrected chi connectivity index (χ2v) is 6.57. The highest BCUT2D eigenvalue weighted by molar-refractivity contribution is 5.73. The van der Waals surface area contributed by atoms with E-state index >= 15 is 0 Å². The molecular formula is C24H16F6. The van der Waals surface area contributed by atoms with Gasteiger partial charge in [0.25, 0.3) is 0 Å². The summed E-state index contributed by atoms with van der Waals surface area (Å²) in [6.45, 7) is 0. The van der Waals surface area contributed by atoms with Gasteiger partial charge in [0.05, 0.1) is 11.1 Å². The molecule has 0 spiro atoms. The summed E-state index contributed by atoms with van der Waals surface area (Å²) in [7, 11) is 0. The van der Waals surface area contributed by atoms with Gasteiger partial charge in [-0.1, -0.05) is 72.8 Å². The highest BCUT2D eigenvalue weighted by Crippen LogP contribution is 2.30. The zero-order chi connectivity index (χ0) is 21.8. The van der Waals surface area contributed by atoms with Gasteiger partial charge in [-0.2, -0.15) is 26.3 Å². The first kappa shape index (κ1) is 21.4. The van der Waals surface area contributed by atoms with Gasteiger partial charge in [-0.15, -0.1) is 0 Å². The van der Waals surface area contributed by atoms with E-state index in [0.717, 1.165) is 35.4 Å². The minimum Gasteiger partial charge on any atom is -0.166 e. The molecule has 0 aliphatic rings. The minimum atomic E-state index is -4.36. The fourth-order valence-electron chi connectivity index (χ4n) is 2.67. The van der Waals surface area contributed by atoms with E-state index in [9.17, 15) is 26.3 Å². The number of halogens is 6. The molecule has 30 heavy (non-hydrogen) atoms. The van der Waals surface area contributed by atoms with E-state index in [1.54, 1.807) is 24.3 Å². The number of rotatable bonds is 4. The molecule has 0 bridgehead atoms. The molecule has 3 aromatic carbocycles. The molecule has 0 radical (unpaired) electrons. The van der Waals surface area contributed by atoms with E-state index in [-0.39, 0.29) is 0 Å². The van der Waals surface area contributed by atoms with Crippen LogP contribution < -0.4 is 0 Å². The molecule has 0 nitrogen and oxygen atoms in total. The van der Waals surface area contributed by atoms with Gasteiger partial charge in [-0.25, -0.2) is 0 Å². The Bertz CT molecular complexity index is 933. The molecular weight excluding hydrogens is 402 g/mol. The van der Waals surface area contributed by atoms with E-state index in [4.69, 9.17) is 0 Å². The molecule has 0 aliphatic heterocycles. The van der Waals surface area contributed by atoms with Crippen LogP contribution in [0.4, 0.5) is 26.3 Å². The van der Waals surface area contributed by atoms with Crippen molar-refractivity contribution in [3.63, 3.8) is 0 Å². The van der Waals surface area contributed by atoms with Gasteiger partial charge in [0, 0.05) is 0 Å². The summed E-state index contributed by atoms with van der Waals surface area (Å²) in [6, 6.07) is 17.1. The summed E-state index contributed by atoms with van der Waals surface area (Å²) < 4.78 is 75.5. The summed E-state index contributed by atoms with van der Waals surface area (Å²) in [4.78, 5) is 0. The number of hydrogen-bond acceptors (Lipinski definition) is 0. The van der Waals surface area contributed by atoms with E-state index in [0.29, 0.717) is 11.1 Å². The first-order valence-electron chi connectivity index (χ1n) is 8.92.